The number of methoxy groups -OCH3 is 1. The number of phenolic OH excluding ortho intramolecular Hbond substituents is 2. The van der Waals surface area contributed by atoms with Gasteiger partial charge in [-0.25, -0.2) is 0 Å². The number of ether oxygens (including phenoxy) is 3. The fourth-order valence-electron chi connectivity index (χ4n) is 4.57. The van der Waals surface area contributed by atoms with E-state index in [2.05, 4.69) is 6.92 Å². The van der Waals surface area contributed by atoms with Gasteiger partial charge in [0.2, 0.25) is 11.6 Å². The Kier molecular flexibility index (Phi) is 4.73. The van der Waals surface area contributed by atoms with Crippen LogP contribution in [-0.2, 0) is 11.2 Å². The van der Waals surface area contributed by atoms with Crippen molar-refractivity contribution in [2.75, 3.05) is 13.7 Å². The molecule has 158 valence electrons. The number of carbonyl (C=O) groups is 2. The molecule has 4 rings (SSSR count). The lowest BCUT2D eigenvalue weighted by atomic mass is 9.80. The molecule has 0 spiro atoms. The van der Waals surface area contributed by atoms with Gasteiger partial charge in [0, 0.05) is 24.5 Å². The number of ketones is 1. The van der Waals surface area contributed by atoms with E-state index in [0.29, 0.717) is 19.3 Å². The summed E-state index contributed by atoms with van der Waals surface area (Å²) >= 11 is 0. The van der Waals surface area contributed by atoms with Crippen molar-refractivity contribution in [3.63, 3.8) is 0 Å². The second-order valence-corrected chi connectivity index (χ2v) is 8.17. The first-order valence-electron chi connectivity index (χ1n) is 9.79. The van der Waals surface area contributed by atoms with E-state index in [0.717, 1.165) is 11.1 Å². The molecule has 2 aromatic carbocycles. The first-order chi connectivity index (χ1) is 14.2. The highest BCUT2D eigenvalue weighted by Gasteiger charge is 2.51. The lowest BCUT2D eigenvalue weighted by Gasteiger charge is -2.39. The SMILES string of the molecule is COc1cc(O)cc(C(=O)c2c(O)cc(C)c3c2O[C@@]2(C)OC[C@H](C)[C@H]2C3)c1C=O. The molecule has 2 aliphatic heterocycles. The van der Waals surface area contributed by atoms with E-state index in [1.165, 1.54) is 25.3 Å². The molecular formula is C23H24O7. The number of phenols is 2. The molecule has 0 aliphatic carbocycles. The smallest absolute Gasteiger partial charge is 0.211 e. The first-order valence-corrected chi connectivity index (χ1v) is 9.79. The van der Waals surface area contributed by atoms with Crippen LogP contribution in [0.4, 0.5) is 0 Å². The molecule has 0 bridgehead atoms. The largest absolute Gasteiger partial charge is 0.508 e. The zero-order valence-electron chi connectivity index (χ0n) is 17.3. The number of hydrogen-bond acceptors (Lipinski definition) is 7. The van der Waals surface area contributed by atoms with Crippen LogP contribution in [0.25, 0.3) is 0 Å². The zero-order chi connectivity index (χ0) is 21.8. The summed E-state index contributed by atoms with van der Waals surface area (Å²) in [5.74, 6) is -1.33. The summed E-state index contributed by atoms with van der Waals surface area (Å²) in [6.45, 7) is 6.34. The molecule has 2 aliphatic rings. The molecule has 1 saturated heterocycles. The van der Waals surface area contributed by atoms with Crippen LogP contribution in [-0.4, -0.2) is 41.8 Å². The summed E-state index contributed by atoms with van der Waals surface area (Å²) in [6.07, 6.45) is 1.13. The van der Waals surface area contributed by atoms with Gasteiger partial charge >= 0.3 is 0 Å². The third kappa shape index (κ3) is 2.92. The molecule has 0 saturated carbocycles. The number of fused-ring (bicyclic) bond motifs is 2. The van der Waals surface area contributed by atoms with Gasteiger partial charge in [-0.15, -0.1) is 0 Å². The van der Waals surface area contributed by atoms with Crippen LogP contribution >= 0.6 is 0 Å². The molecular weight excluding hydrogens is 388 g/mol. The number of rotatable bonds is 4. The molecule has 1 fully saturated rings. The van der Waals surface area contributed by atoms with Crippen LogP contribution in [0.1, 0.15) is 51.3 Å². The van der Waals surface area contributed by atoms with Crippen molar-refractivity contribution in [3.8, 4) is 23.0 Å². The van der Waals surface area contributed by atoms with E-state index >= 15 is 0 Å². The van der Waals surface area contributed by atoms with Crippen molar-refractivity contribution in [2.45, 2.75) is 33.0 Å². The van der Waals surface area contributed by atoms with Crippen LogP contribution < -0.4 is 9.47 Å². The Bertz CT molecular complexity index is 1060. The van der Waals surface area contributed by atoms with Gasteiger partial charge in [-0.05, 0) is 42.5 Å². The van der Waals surface area contributed by atoms with Crippen molar-refractivity contribution in [1.82, 2.24) is 0 Å². The van der Waals surface area contributed by atoms with Gasteiger partial charge in [0.1, 0.15) is 28.6 Å². The number of hydrogen-bond donors (Lipinski definition) is 2. The van der Waals surface area contributed by atoms with Crippen molar-refractivity contribution in [2.24, 2.45) is 11.8 Å². The fourth-order valence-corrected chi connectivity index (χ4v) is 4.57. The summed E-state index contributed by atoms with van der Waals surface area (Å²) < 4.78 is 17.3. The first kappa shape index (κ1) is 20.2. The van der Waals surface area contributed by atoms with Crippen molar-refractivity contribution in [1.29, 1.82) is 0 Å². The minimum absolute atomic E-state index is 0.0142. The van der Waals surface area contributed by atoms with Gasteiger partial charge in [-0.2, -0.15) is 0 Å². The highest BCUT2D eigenvalue weighted by molar-refractivity contribution is 6.16. The maximum Gasteiger partial charge on any atom is 0.211 e. The van der Waals surface area contributed by atoms with Gasteiger partial charge in [-0.1, -0.05) is 6.92 Å². The fraction of sp³-hybridized carbons (Fsp3) is 0.391. The predicted octanol–water partition coefficient (Wildman–Crippen LogP) is 3.39. The second-order valence-electron chi connectivity index (χ2n) is 8.17. The van der Waals surface area contributed by atoms with E-state index in [1.54, 1.807) is 0 Å². The van der Waals surface area contributed by atoms with Gasteiger partial charge in [0.15, 0.2) is 6.29 Å². The molecule has 7 nitrogen and oxygen atoms in total. The van der Waals surface area contributed by atoms with E-state index < -0.39 is 11.6 Å². The third-order valence-electron chi connectivity index (χ3n) is 6.24. The number of aryl methyl sites for hydroxylation is 1. The number of carbonyl (C=O) groups excluding carboxylic acids is 2. The second kappa shape index (κ2) is 7.02. The standard InChI is InChI=1S/C23H24O7/c1-11-5-18(26)20(21(27)15-6-13(25)7-19(28-4)16(15)9-24)22-14(11)8-17-12(2)10-29-23(17,3)30-22/h5-7,9,12,17,25-26H,8,10H2,1-4H3/t12-,17+,23+/m0/s1. The highest BCUT2D eigenvalue weighted by Crippen LogP contribution is 2.50. The molecule has 0 amide bonds. The van der Waals surface area contributed by atoms with Crippen LogP contribution in [0, 0.1) is 18.8 Å². The average molecular weight is 412 g/mol. The Labute approximate surface area is 174 Å². The summed E-state index contributed by atoms with van der Waals surface area (Å²) in [5.41, 5.74) is 1.48. The van der Waals surface area contributed by atoms with Crippen molar-refractivity contribution < 1.29 is 34.0 Å². The zero-order valence-corrected chi connectivity index (χ0v) is 17.3. The minimum Gasteiger partial charge on any atom is -0.508 e. The number of aldehydes is 1. The molecule has 30 heavy (non-hydrogen) atoms. The van der Waals surface area contributed by atoms with E-state index in [9.17, 15) is 19.8 Å². The molecule has 3 atom stereocenters. The summed E-state index contributed by atoms with van der Waals surface area (Å²) in [7, 11) is 1.34. The summed E-state index contributed by atoms with van der Waals surface area (Å²) in [5, 5.41) is 20.7. The van der Waals surface area contributed by atoms with Crippen molar-refractivity contribution >= 4 is 12.1 Å². The third-order valence-corrected chi connectivity index (χ3v) is 6.24. The molecule has 0 unspecified atom stereocenters. The number of benzene rings is 2. The van der Waals surface area contributed by atoms with Crippen LogP contribution in [0.15, 0.2) is 18.2 Å². The maximum absolute atomic E-state index is 13.5. The van der Waals surface area contributed by atoms with Crippen LogP contribution in [0.3, 0.4) is 0 Å². The highest BCUT2D eigenvalue weighted by atomic mass is 16.7. The van der Waals surface area contributed by atoms with Gasteiger partial charge in [-0.3, -0.25) is 9.59 Å². The molecule has 0 aromatic heterocycles. The minimum atomic E-state index is -0.911. The Morgan fingerprint density at radius 1 is 1.30 bits per heavy atom. The lowest BCUT2D eigenvalue weighted by Crippen LogP contribution is -2.44. The number of aromatic hydroxyl groups is 2. The van der Waals surface area contributed by atoms with Crippen LogP contribution in [0.5, 0.6) is 23.0 Å². The maximum atomic E-state index is 13.5. The van der Waals surface area contributed by atoms with E-state index in [-0.39, 0.29) is 51.5 Å². The topological polar surface area (TPSA) is 102 Å². The average Bonchev–Trinajstić information content (AvgIpc) is 2.99. The molecule has 7 heteroatoms. The van der Waals surface area contributed by atoms with E-state index in [1.807, 2.05) is 13.8 Å². The van der Waals surface area contributed by atoms with Gasteiger partial charge in [0.25, 0.3) is 0 Å². The van der Waals surface area contributed by atoms with Gasteiger partial charge < -0.3 is 24.4 Å². The molecule has 2 N–H and O–H groups in total. The predicted molar refractivity (Wildman–Crippen MR) is 108 cm³/mol. The molecule has 0 radical (unpaired) electrons. The Morgan fingerprint density at radius 2 is 2.03 bits per heavy atom. The van der Waals surface area contributed by atoms with E-state index in [4.69, 9.17) is 14.2 Å². The van der Waals surface area contributed by atoms with Crippen LogP contribution in [0.2, 0.25) is 0 Å². The quantitative estimate of drug-likeness (QED) is 0.586. The Balaban J connectivity index is 1.91. The van der Waals surface area contributed by atoms with Gasteiger partial charge in [0.05, 0.1) is 19.3 Å². The van der Waals surface area contributed by atoms with Crippen molar-refractivity contribution in [3.05, 3.63) is 46.0 Å². The monoisotopic (exact) mass is 412 g/mol. The Hall–Kier alpha value is -3.06. The summed E-state index contributed by atoms with van der Waals surface area (Å²) in [6, 6.07) is 3.96. The Morgan fingerprint density at radius 3 is 2.70 bits per heavy atom. The summed E-state index contributed by atoms with van der Waals surface area (Å²) in [4.78, 5) is 25.2. The molecule has 2 heterocycles. The normalized spacial score (nSPS) is 24.5. The molecule has 2 aromatic rings. The lowest BCUT2D eigenvalue weighted by molar-refractivity contribution is -0.166.